The summed E-state index contributed by atoms with van der Waals surface area (Å²) in [5.41, 5.74) is 11.0. The van der Waals surface area contributed by atoms with Crippen LogP contribution >= 0.6 is 11.3 Å². The molecule has 1 saturated heterocycles. The molecule has 1 unspecified atom stereocenters. The Morgan fingerprint density at radius 2 is 2.19 bits per heavy atom. The van der Waals surface area contributed by atoms with Crippen molar-refractivity contribution in [3.8, 4) is 5.13 Å². The molecule has 0 aromatic carbocycles. The predicted molar refractivity (Wildman–Crippen MR) is 99.1 cm³/mol. The molecule has 3 aromatic heterocycles. The van der Waals surface area contributed by atoms with Gasteiger partial charge in [-0.25, -0.2) is 9.78 Å². The number of hydrogen-bond donors (Lipinski definition) is 3. The minimum atomic E-state index is -1.42. The monoisotopic (exact) mass is 390 g/mol. The van der Waals surface area contributed by atoms with Gasteiger partial charge in [0.25, 0.3) is 0 Å². The molecular formula is C16H15FN6O3S. The van der Waals surface area contributed by atoms with Gasteiger partial charge in [-0.15, -0.1) is 11.3 Å². The molecule has 1 fully saturated rings. The maximum atomic E-state index is 13.4. The second-order valence-corrected chi connectivity index (χ2v) is 7.10. The fraction of sp³-hybridized carbons (Fsp3) is 0.250. The van der Waals surface area contributed by atoms with Crippen molar-refractivity contribution in [1.29, 1.82) is 0 Å². The highest BCUT2D eigenvalue weighted by molar-refractivity contribution is 7.12. The molecule has 1 aliphatic rings. The number of fused-ring (bicyclic) bond motifs is 1. The van der Waals surface area contributed by atoms with Crippen LogP contribution in [0.3, 0.4) is 0 Å². The Morgan fingerprint density at radius 1 is 1.41 bits per heavy atom. The summed E-state index contributed by atoms with van der Waals surface area (Å²) in [6.45, 7) is 1.27. The normalized spacial score (nSPS) is 17.0. The Bertz CT molecular complexity index is 1130. The third kappa shape index (κ3) is 2.90. The predicted octanol–water partition coefficient (Wildman–Crippen LogP) is 0.799. The summed E-state index contributed by atoms with van der Waals surface area (Å²) in [5, 5.41) is 10.6. The van der Waals surface area contributed by atoms with Crippen LogP contribution in [0.25, 0.3) is 16.2 Å². The Balaban J connectivity index is 2.03. The lowest BCUT2D eigenvalue weighted by Gasteiger charge is -2.19. The van der Waals surface area contributed by atoms with Crippen molar-refractivity contribution in [3.63, 3.8) is 0 Å². The summed E-state index contributed by atoms with van der Waals surface area (Å²) in [6.07, 6.45) is 1.89. The maximum absolute atomic E-state index is 13.4. The number of aromatic carboxylic acids is 1. The number of anilines is 2. The Labute approximate surface area is 155 Å². The second kappa shape index (κ2) is 6.28. The first-order chi connectivity index (χ1) is 12.8. The Hall–Kier alpha value is -3.05. The zero-order valence-electron chi connectivity index (χ0n) is 13.9. The minimum absolute atomic E-state index is 0.00774. The molecule has 4 rings (SSSR count). The average Bonchev–Trinajstić information content (AvgIpc) is 3.23. The average molecular weight is 390 g/mol. The number of aromatic nitrogens is 3. The zero-order chi connectivity index (χ0) is 19.3. The standard InChI is InChI=1S/C16H15FN6O3S/c17-10-6-27-16(20-10)23-5-8(15(25)26)13(24)12-9(19)3-11(21-14(12)23)22-2-1-7(18)4-22/h3,5-7H,1-2,4,18H2,(H2,19,21)(H,25,26). The topological polar surface area (TPSA) is 140 Å². The lowest BCUT2D eigenvalue weighted by Crippen LogP contribution is -2.27. The number of thiazole rings is 1. The molecule has 140 valence electrons. The molecule has 11 heteroatoms. The van der Waals surface area contributed by atoms with Crippen molar-refractivity contribution in [1.82, 2.24) is 14.5 Å². The molecule has 3 aromatic rings. The van der Waals surface area contributed by atoms with E-state index in [0.717, 1.165) is 24.0 Å². The highest BCUT2D eigenvalue weighted by Gasteiger charge is 2.24. The molecule has 0 amide bonds. The lowest BCUT2D eigenvalue weighted by molar-refractivity contribution is 0.0695. The summed E-state index contributed by atoms with van der Waals surface area (Å²) >= 11 is 0.956. The second-order valence-electron chi connectivity index (χ2n) is 6.26. The van der Waals surface area contributed by atoms with E-state index in [2.05, 4.69) is 9.97 Å². The zero-order valence-corrected chi connectivity index (χ0v) is 14.7. The van der Waals surface area contributed by atoms with Gasteiger partial charge >= 0.3 is 5.97 Å². The molecule has 0 spiro atoms. The first-order valence-electron chi connectivity index (χ1n) is 8.06. The number of pyridine rings is 2. The van der Waals surface area contributed by atoms with E-state index in [1.165, 1.54) is 16.0 Å². The van der Waals surface area contributed by atoms with Crippen molar-refractivity contribution in [2.75, 3.05) is 23.7 Å². The van der Waals surface area contributed by atoms with Crippen molar-refractivity contribution >= 4 is 39.8 Å². The summed E-state index contributed by atoms with van der Waals surface area (Å²) < 4.78 is 14.7. The largest absolute Gasteiger partial charge is 0.477 e. The molecule has 27 heavy (non-hydrogen) atoms. The van der Waals surface area contributed by atoms with E-state index in [9.17, 15) is 19.1 Å². The van der Waals surface area contributed by atoms with Crippen LogP contribution in [0.15, 0.2) is 22.4 Å². The van der Waals surface area contributed by atoms with Crippen molar-refractivity contribution < 1.29 is 14.3 Å². The van der Waals surface area contributed by atoms with Crippen LogP contribution in [0.5, 0.6) is 0 Å². The first kappa shape index (κ1) is 17.4. The van der Waals surface area contributed by atoms with Crippen LogP contribution in [0.2, 0.25) is 0 Å². The third-order valence-corrected chi connectivity index (χ3v) is 5.24. The smallest absolute Gasteiger partial charge is 0.341 e. The van der Waals surface area contributed by atoms with Gasteiger partial charge in [0.15, 0.2) is 10.8 Å². The van der Waals surface area contributed by atoms with E-state index in [1.54, 1.807) is 0 Å². The Morgan fingerprint density at radius 3 is 2.78 bits per heavy atom. The molecule has 5 N–H and O–H groups in total. The van der Waals surface area contributed by atoms with Crippen LogP contribution in [0, 0.1) is 5.95 Å². The van der Waals surface area contributed by atoms with Gasteiger partial charge in [0.2, 0.25) is 11.4 Å². The van der Waals surface area contributed by atoms with E-state index in [-0.39, 0.29) is 27.9 Å². The summed E-state index contributed by atoms with van der Waals surface area (Å²) in [4.78, 5) is 34.3. The molecule has 0 bridgehead atoms. The van der Waals surface area contributed by atoms with Crippen LogP contribution in [-0.2, 0) is 0 Å². The Kier molecular flexibility index (Phi) is 4.04. The highest BCUT2D eigenvalue weighted by atomic mass is 32.1. The number of nitrogens with zero attached hydrogens (tertiary/aromatic N) is 4. The van der Waals surface area contributed by atoms with Crippen molar-refractivity contribution in [2.45, 2.75) is 12.5 Å². The molecule has 4 heterocycles. The highest BCUT2D eigenvalue weighted by Crippen LogP contribution is 2.28. The van der Waals surface area contributed by atoms with Gasteiger partial charge in [-0.05, 0) is 6.42 Å². The third-order valence-electron chi connectivity index (χ3n) is 4.42. The molecule has 0 radical (unpaired) electrons. The van der Waals surface area contributed by atoms with E-state index in [0.29, 0.717) is 18.9 Å². The number of nitrogens with two attached hydrogens (primary N) is 2. The van der Waals surface area contributed by atoms with Crippen molar-refractivity contribution in [3.05, 3.63) is 39.4 Å². The number of carboxylic acids is 1. The van der Waals surface area contributed by atoms with Gasteiger partial charge in [-0.2, -0.15) is 9.37 Å². The molecule has 1 atom stereocenters. The molecule has 0 aliphatic carbocycles. The fourth-order valence-corrected chi connectivity index (χ4v) is 3.79. The van der Waals surface area contributed by atoms with Crippen molar-refractivity contribution in [2.24, 2.45) is 5.73 Å². The van der Waals surface area contributed by atoms with Crippen LogP contribution < -0.4 is 21.8 Å². The number of halogens is 1. The van der Waals surface area contributed by atoms with Gasteiger partial charge in [-0.3, -0.25) is 9.36 Å². The van der Waals surface area contributed by atoms with E-state index >= 15 is 0 Å². The minimum Gasteiger partial charge on any atom is -0.477 e. The molecule has 0 saturated carbocycles. The first-order valence-corrected chi connectivity index (χ1v) is 8.94. The SMILES string of the molecule is Nc1cc(N2CCC(N)C2)nc2c1c(=O)c(C(=O)O)cn2-c1nc(F)cs1. The van der Waals surface area contributed by atoms with Crippen LogP contribution in [0.1, 0.15) is 16.8 Å². The quantitative estimate of drug-likeness (QED) is 0.596. The maximum Gasteiger partial charge on any atom is 0.341 e. The van der Waals surface area contributed by atoms with Crippen LogP contribution in [-0.4, -0.2) is 44.7 Å². The van der Waals surface area contributed by atoms with E-state index in [4.69, 9.17) is 11.5 Å². The van der Waals surface area contributed by atoms with E-state index < -0.39 is 22.9 Å². The van der Waals surface area contributed by atoms with Gasteiger partial charge in [-0.1, -0.05) is 0 Å². The summed E-state index contributed by atoms with van der Waals surface area (Å²) in [5.74, 6) is -1.61. The number of carboxylic acid groups (broad SMARTS) is 1. The number of rotatable bonds is 3. The van der Waals surface area contributed by atoms with E-state index in [1.807, 2.05) is 4.90 Å². The van der Waals surface area contributed by atoms with Gasteiger partial charge in [0, 0.05) is 36.8 Å². The summed E-state index contributed by atoms with van der Waals surface area (Å²) in [7, 11) is 0. The molecular weight excluding hydrogens is 375 g/mol. The summed E-state index contributed by atoms with van der Waals surface area (Å²) in [6, 6.07) is 1.54. The van der Waals surface area contributed by atoms with Gasteiger partial charge < -0.3 is 21.5 Å². The number of carbonyl (C=O) groups is 1. The van der Waals surface area contributed by atoms with Gasteiger partial charge in [0.05, 0.1) is 11.1 Å². The van der Waals surface area contributed by atoms with Crippen LogP contribution in [0.4, 0.5) is 15.9 Å². The lowest BCUT2D eigenvalue weighted by atomic mass is 10.1. The molecule has 9 nitrogen and oxygen atoms in total. The van der Waals surface area contributed by atoms with Gasteiger partial charge in [0.1, 0.15) is 11.4 Å². The number of nitrogen functional groups attached to an aromatic ring is 1. The fourth-order valence-electron chi connectivity index (χ4n) is 3.14. The number of hydrogen-bond acceptors (Lipinski definition) is 8. The molecule has 1 aliphatic heterocycles.